The number of amides is 4. The Morgan fingerprint density at radius 1 is 1.15 bits per heavy atom. The summed E-state index contributed by atoms with van der Waals surface area (Å²) in [6.07, 6.45) is 5.89. The third kappa shape index (κ3) is 4.33. The number of carbonyl (C=O) groups excluding carboxylic acids is 3. The highest BCUT2D eigenvalue weighted by atomic mass is 16.5. The molecule has 3 rings (SSSR count). The lowest BCUT2D eigenvalue weighted by Gasteiger charge is -2.35. The van der Waals surface area contributed by atoms with E-state index in [1.165, 1.54) is 6.08 Å². The molecule has 0 bridgehead atoms. The van der Waals surface area contributed by atoms with Gasteiger partial charge in [-0.05, 0) is 36.6 Å². The van der Waals surface area contributed by atoms with Crippen molar-refractivity contribution in [2.75, 3.05) is 6.61 Å². The van der Waals surface area contributed by atoms with Gasteiger partial charge in [-0.2, -0.15) is 0 Å². The summed E-state index contributed by atoms with van der Waals surface area (Å²) in [5.41, 5.74) is 0.466. The second kappa shape index (κ2) is 8.03. The van der Waals surface area contributed by atoms with Gasteiger partial charge in [0.25, 0.3) is 11.8 Å². The molecule has 2 N–H and O–H groups in total. The number of imide groups is 2. The number of urea groups is 1. The van der Waals surface area contributed by atoms with Crippen LogP contribution in [0.4, 0.5) is 4.79 Å². The van der Waals surface area contributed by atoms with Crippen LogP contribution < -0.4 is 10.1 Å². The Hall–Kier alpha value is -3.16. The standard InChI is InChI=1S/C19H20N2O6/c22-16(23)11-27-14-8-6-12(7-9-14)10-15-17(24)20-19(26)21(18(15)25)13-4-2-1-3-5-13/h6-10,13H,1-5,11H2,(H,22,23)(H,20,24,26)/b15-10+. The molecule has 0 spiro atoms. The summed E-state index contributed by atoms with van der Waals surface area (Å²) < 4.78 is 5.05. The molecule has 0 aromatic heterocycles. The van der Waals surface area contributed by atoms with Crippen LogP contribution in [-0.2, 0) is 14.4 Å². The van der Waals surface area contributed by atoms with E-state index in [-0.39, 0.29) is 11.6 Å². The maximum atomic E-state index is 12.8. The third-order valence-electron chi connectivity index (χ3n) is 4.63. The molecule has 1 aromatic rings. The number of carboxylic acids is 1. The Labute approximate surface area is 155 Å². The van der Waals surface area contributed by atoms with Crippen LogP contribution in [0.15, 0.2) is 29.8 Å². The summed E-state index contributed by atoms with van der Waals surface area (Å²) in [4.78, 5) is 48.8. The zero-order chi connectivity index (χ0) is 19.4. The number of benzene rings is 1. The lowest BCUT2D eigenvalue weighted by molar-refractivity contribution is -0.139. The average molecular weight is 372 g/mol. The molecule has 1 aliphatic heterocycles. The maximum absolute atomic E-state index is 12.8. The van der Waals surface area contributed by atoms with Crippen molar-refractivity contribution in [2.45, 2.75) is 38.1 Å². The first-order chi connectivity index (χ1) is 13.0. The van der Waals surface area contributed by atoms with Crippen LogP contribution >= 0.6 is 0 Å². The zero-order valence-corrected chi connectivity index (χ0v) is 14.6. The number of carboxylic acid groups (broad SMARTS) is 1. The number of nitrogens with zero attached hydrogens (tertiary/aromatic N) is 1. The molecular formula is C19H20N2O6. The van der Waals surface area contributed by atoms with Gasteiger partial charge in [0, 0.05) is 6.04 Å². The molecule has 4 amide bonds. The monoisotopic (exact) mass is 372 g/mol. The molecule has 0 radical (unpaired) electrons. The summed E-state index contributed by atoms with van der Waals surface area (Å²) >= 11 is 0. The van der Waals surface area contributed by atoms with Gasteiger partial charge in [-0.25, -0.2) is 9.59 Å². The lowest BCUT2D eigenvalue weighted by atomic mass is 9.93. The number of carbonyl (C=O) groups is 4. The minimum absolute atomic E-state index is 0.0978. The smallest absolute Gasteiger partial charge is 0.341 e. The summed E-state index contributed by atoms with van der Waals surface area (Å²) in [6, 6.07) is 5.45. The van der Waals surface area contributed by atoms with Crippen LogP contribution in [0.3, 0.4) is 0 Å². The molecule has 2 aliphatic rings. The Kier molecular flexibility index (Phi) is 5.54. The van der Waals surface area contributed by atoms with E-state index in [1.807, 2.05) is 0 Å². The zero-order valence-electron chi connectivity index (χ0n) is 14.6. The van der Waals surface area contributed by atoms with Crippen molar-refractivity contribution in [2.24, 2.45) is 0 Å². The molecule has 1 aliphatic carbocycles. The summed E-state index contributed by atoms with van der Waals surface area (Å²) in [5.74, 6) is -2.03. The molecule has 1 aromatic carbocycles. The molecular weight excluding hydrogens is 352 g/mol. The second-order valence-electron chi connectivity index (χ2n) is 6.54. The van der Waals surface area contributed by atoms with Crippen LogP contribution in [-0.4, -0.2) is 46.5 Å². The number of rotatable bonds is 5. The summed E-state index contributed by atoms with van der Waals surface area (Å²) in [7, 11) is 0. The second-order valence-corrected chi connectivity index (χ2v) is 6.54. The van der Waals surface area contributed by atoms with Crippen molar-refractivity contribution >= 4 is 29.9 Å². The SMILES string of the molecule is O=C(O)COc1ccc(/C=C2\C(=O)NC(=O)N(C3CCCCC3)C2=O)cc1. The largest absolute Gasteiger partial charge is 0.482 e. The lowest BCUT2D eigenvalue weighted by Crippen LogP contribution is -2.58. The van der Waals surface area contributed by atoms with Gasteiger partial charge in [0.15, 0.2) is 6.61 Å². The van der Waals surface area contributed by atoms with E-state index in [1.54, 1.807) is 24.3 Å². The van der Waals surface area contributed by atoms with E-state index >= 15 is 0 Å². The summed E-state index contributed by atoms with van der Waals surface area (Å²) in [6.45, 7) is -0.459. The van der Waals surface area contributed by atoms with Crippen LogP contribution in [0.2, 0.25) is 0 Å². The normalized spacial score (nSPS) is 19.9. The van der Waals surface area contributed by atoms with Gasteiger partial charge in [-0.15, -0.1) is 0 Å². The molecule has 8 heteroatoms. The Morgan fingerprint density at radius 2 is 1.81 bits per heavy atom. The first-order valence-corrected chi connectivity index (χ1v) is 8.81. The minimum Gasteiger partial charge on any atom is -0.482 e. The third-order valence-corrected chi connectivity index (χ3v) is 4.63. The van der Waals surface area contributed by atoms with Crippen LogP contribution in [0.25, 0.3) is 6.08 Å². The molecule has 2 fully saturated rings. The molecule has 0 atom stereocenters. The van der Waals surface area contributed by atoms with Gasteiger partial charge in [0.2, 0.25) is 0 Å². The van der Waals surface area contributed by atoms with E-state index in [0.29, 0.717) is 11.3 Å². The number of nitrogens with one attached hydrogen (secondary N) is 1. The van der Waals surface area contributed by atoms with Gasteiger partial charge in [0.05, 0.1) is 0 Å². The van der Waals surface area contributed by atoms with Crippen LogP contribution in [0, 0.1) is 0 Å². The predicted octanol–water partition coefficient (Wildman–Crippen LogP) is 1.94. The van der Waals surface area contributed by atoms with Crippen molar-refractivity contribution in [1.29, 1.82) is 0 Å². The molecule has 1 saturated heterocycles. The molecule has 0 unspecified atom stereocenters. The molecule has 27 heavy (non-hydrogen) atoms. The van der Waals surface area contributed by atoms with Crippen LogP contribution in [0.5, 0.6) is 5.75 Å². The molecule has 142 valence electrons. The highest BCUT2D eigenvalue weighted by molar-refractivity contribution is 6.31. The highest BCUT2D eigenvalue weighted by Gasteiger charge is 2.40. The van der Waals surface area contributed by atoms with Gasteiger partial charge in [-0.3, -0.25) is 19.8 Å². The van der Waals surface area contributed by atoms with E-state index in [4.69, 9.17) is 9.84 Å². The van der Waals surface area contributed by atoms with Crippen molar-refractivity contribution in [3.05, 3.63) is 35.4 Å². The number of hydrogen-bond donors (Lipinski definition) is 2. The number of ether oxygens (including phenoxy) is 1. The Balaban J connectivity index is 1.79. The maximum Gasteiger partial charge on any atom is 0.341 e. The Bertz CT molecular complexity index is 793. The quantitative estimate of drug-likeness (QED) is 0.603. The van der Waals surface area contributed by atoms with Gasteiger partial charge in [-0.1, -0.05) is 31.4 Å². The Morgan fingerprint density at radius 3 is 2.44 bits per heavy atom. The van der Waals surface area contributed by atoms with Crippen LogP contribution in [0.1, 0.15) is 37.7 Å². The highest BCUT2D eigenvalue weighted by Crippen LogP contribution is 2.26. The van der Waals surface area contributed by atoms with Gasteiger partial charge in [0.1, 0.15) is 11.3 Å². The van der Waals surface area contributed by atoms with E-state index in [2.05, 4.69) is 5.32 Å². The van der Waals surface area contributed by atoms with E-state index < -0.39 is 30.4 Å². The minimum atomic E-state index is -1.09. The van der Waals surface area contributed by atoms with Crippen molar-refractivity contribution < 1.29 is 29.0 Å². The van der Waals surface area contributed by atoms with Gasteiger partial charge < -0.3 is 9.84 Å². The average Bonchev–Trinajstić information content (AvgIpc) is 2.65. The van der Waals surface area contributed by atoms with Crippen molar-refractivity contribution in [1.82, 2.24) is 10.2 Å². The molecule has 1 saturated carbocycles. The number of hydrogen-bond acceptors (Lipinski definition) is 5. The number of aliphatic carboxylic acids is 1. The summed E-state index contributed by atoms with van der Waals surface area (Å²) in [5, 5.41) is 10.8. The van der Waals surface area contributed by atoms with Crippen molar-refractivity contribution in [3.63, 3.8) is 0 Å². The fourth-order valence-electron chi connectivity index (χ4n) is 3.31. The van der Waals surface area contributed by atoms with E-state index in [0.717, 1.165) is 37.0 Å². The van der Waals surface area contributed by atoms with E-state index in [9.17, 15) is 19.2 Å². The van der Waals surface area contributed by atoms with Gasteiger partial charge >= 0.3 is 12.0 Å². The first-order valence-electron chi connectivity index (χ1n) is 8.81. The fraction of sp³-hybridized carbons (Fsp3) is 0.368. The van der Waals surface area contributed by atoms with Crippen molar-refractivity contribution in [3.8, 4) is 5.75 Å². The molecule has 8 nitrogen and oxygen atoms in total. The number of barbiturate groups is 1. The fourth-order valence-corrected chi connectivity index (χ4v) is 3.31. The topological polar surface area (TPSA) is 113 Å². The predicted molar refractivity (Wildman–Crippen MR) is 94.8 cm³/mol. The molecule has 1 heterocycles. The first kappa shape index (κ1) is 18.6.